The van der Waals surface area contributed by atoms with Gasteiger partial charge in [-0.2, -0.15) is 11.8 Å². The highest BCUT2D eigenvalue weighted by atomic mass is 35.5. The zero-order valence-corrected chi connectivity index (χ0v) is 14.2. The molecule has 1 aromatic rings. The number of carbonyl (C=O) groups is 1. The summed E-state index contributed by atoms with van der Waals surface area (Å²) in [7, 11) is 0. The van der Waals surface area contributed by atoms with E-state index in [1.54, 1.807) is 0 Å². The second-order valence-corrected chi connectivity index (χ2v) is 6.31. The molecule has 5 heteroatoms. The van der Waals surface area contributed by atoms with Crippen LogP contribution in [0, 0.1) is 0 Å². The molecule has 1 aliphatic rings. The lowest BCUT2D eigenvalue weighted by atomic mass is 10.1. The number of nitrogens with one attached hydrogen (secondary N) is 1. The van der Waals surface area contributed by atoms with E-state index in [-0.39, 0.29) is 18.3 Å². The topological polar surface area (TPSA) is 32.3 Å². The fraction of sp³-hybridized carbons (Fsp3) is 0.562. The fourth-order valence-electron chi connectivity index (χ4n) is 2.39. The Balaban J connectivity index is 0.00000220. The molecule has 1 aliphatic heterocycles. The molecule has 2 rings (SSSR count). The highest BCUT2D eigenvalue weighted by Crippen LogP contribution is 2.18. The Kier molecular flexibility index (Phi) is 8.81. The first kappa shape index (κ1) is 18.3. The van der Waals surface area contributed by atoms with Crippen LogP contribution in [0.5, 0.6) is 0 Å². The minimum absolute atomic E-state index is 0. The molecule has 3 nitrogen and oxygen atoms in total. The molecule has 1 heterocycles. The smallest absolute Gasteiger partial charge is 0.228 e. The number of thioether (sulfide) groups is 1. The number of rotatable bonds is 6. The van der Waals surface area contributed by atoms with Crippen molar-refractivity contribution in [3.8, 4) is 0 Å². The average molecular weight is 329 g/mol. The van der Waals surface area contributed by atoms with E-state index in [0.717, 1.165) is 43.1 Å². The lowest BCUT2D eigenvalue weighted by Gasteiger charge is -2.27. The Morgan fingerprint density at radius 2 is 2.14 bits per heavy atom. The number of hydrogen-bond donors (Lipinski definition) is 1. The number of carbonyl (C=O) groups excluding carboxylic acids is 1. The Bertz CT molecular complexity index is 410. The normalized spacial score (nSPS) is 17.9. The van der Waals surface area contributed by atoms with Crippen molar-refractivity contribution < 1.29 is 4.79 Å². The lowest BCUT2D eigenvalue weighted by molar-refractivity contribution is -0.119. The van der Waals surface area contributed by atoms with Crippen molar-refractivity contribution in [1.82, 2.24) is 5.32 Å². The minimum atomic E-state index is 0. The highest BCUT2D eigenvalue weighted by Gasteiger charge is 2.21. The maximum atomic E-state index is 12.6. The van der Waals surface area contributed by atoms with Crippen molar-refractivity contribution in [3.63, 3.8) is 0 Å². The maximum absolute atomic E-state index is 12.6. The van der Waals surface area contributed by atoms with Crippen molar-refractivity contribution >= 4 is 35.8 Å². The van der Waals surface area contributed by atoms with E-state index in [4.69, 9.17) is 0 Å². The first-order chi connectivity index (χ1) is 9.81. The van der Waals surface area contributed by atoms with Gasteiger partial charge in [0, 0.05) is 42.7 Å². The number of unbranched alkanes of at least 4 members (excludes halogenated alkanes) is 1. The standard InChI is InChI=1S/C16H24N2OS.ClH/c1-2-3-10-18(15-7-5-4-6-8-15)16(19)12-14-13-20-11-9-17-14;/h4-8,14,17H,2-3,9-13H2,1H3;1H. The Morgan fingerprint density at radius 3 is 2.76 bits per heavy atom. The molecule has 1 saturated heterocycles. The van der Waals surface area contributed by atoms with Crippen LogP contribution in [-0.2, 0) is 4.79 Å². The third-order valence-electron chi connectivity index (χ3n) is 3.52. The number of para-hydroxylation sites is 1. The van der Waals surface area contributed by atoms with Crippen LogP contribution in [0.3, 0.4) is 0 Å². The van der Waals surface area contributed by atoms with E-state index >= 15 is 0 Å². The summed E-state index contributed by atoms with van der Waals surface area (Å²) in [6.07, 6.45) is 2.76. The first-order valence-corrected chi connectivity index (χ1v) is 8.63. The molecule has 1 amide bonds. The number of amides is 1. The van der Waals surface area contributed by atoms with Gasteiger partial charge in [0.25, 0.3) is 0 Å². The zero-order chi connectivity index (χ0) is 14.2. The molecular formula is C16H25ClN2OS. The van der Waals surface area contributed by atoms with Crippen LogP contribution in [-0.4, -0.2) is 36.5 Å². The minimum Gasteiger partial charge on any atom is -0.312 e. The number of nitrogens with zero attached hydrogens (tertiary/aromatic N) is 1. The quantitative estimate of drug-likeness (QED) is 0.869. The van der Waals surface area contributed by atoms with Gasteiger partial charge in [0.2, 0.25) is 5.91 Å². The Labute approximate surface area is 138 Å². The lowest BCUT2D eigenvalue weighted by Crippen LogP contribution is -2.43. The molecule has 1 N–H and O–H groups in total. The average Bonchev–Trinajstić information content (AvgIpc) is 2.50. The molecule has 0 aromatic heterocycles. The fourth-order valence-corrected chi connectivity index (χ4v) is 3.34. The summed E-state index contributed by atoms with van der Waals surface area (Å²) in [6.45, 7) is 4.00. The molecule has 0 aliphatic carbocycles. The van der Waals surface area contributed by atoms with Crippen LogP contribution in [0.25, 0.3) is 0 Å². The summed E-state index contributed by atoms with van der Waals surface area (Å²) in [5.74, 6) is 2.44. The van der Waals surface area contributed by atoms with Crippen LogP contribution < -0.4 is 10.2 Å². The summed E-state index contributed by atoms with van der Waals surface area (Å²) >= 11 is 1.94. The van der Waals surface area contributed by atoms with Crippen molar-refractivity contribution in [2.75, 3.05) is 29.5 Å². The van der Waals surface area contributed by atoms with Crippen LogP contribution in [0.4, 0.5) is 5.69 Å². The number of benzene rings is 1. The molecule has 1 atom stereocenters. The van der Waals surface area contributed by atoms with Crippen molar-refractivity contribution in [2.45, 2.75) is 32.2 Å². The van der Waals surface area contributed by atoms with Gasteiger partial charge in [0.05, 0.1) is 0 Å². The van der Waals surface area contributed by atoms with Crippen LogP contribution in [0.15, 0.2) is 30.3 Å². The molecule has 1 unspecified atom stereocenters. The molecule has 0 saturated carbocycles. The molecule has 1 aromatic carbocycles. The van der Waals surface area contributed by atoms with Gasteiger partial charge < -0.3 is 10.2 Å². The highest BCUT2D eigenvalue weighted by molar-refractivity contribution is 7.99. The third kappa shape index (κ3) is 5.89. The molecule has 1 fully saturated rings. The van der Waals surface area contributed by atoms with Gasteiger partial charge in [-0.05, 0) is 18.6 Å². The summed E-state index contributed by atoms with van der Waals surface area (Å²) < 4.78 is 0. The molecule has 0 bridgehead atoms. The monoisotopic (exact) mass is 328 g/mol. The number of halogens is 1. The molecule has 0 radical (unpaired) electrons. The number of hydrogen-bond acceptors (Lipinski definition) is 3. The van der Waals surface area contributed by atoms with Gasteiger partial charge in [0.1, 0.15) is 0 Å². The van der Waals surface area contributed by atoms with E-state index in [1.165, 1.54) is 0 Å². The molecule has 21 heavy (non-hydrogen) atoms. The summed E-state index contributed by atoms with van der Waals surface area (Å²) in [6, 6.07) is 10.4. The van der Waals surface area contributed by atoms with Crippen LogP contribution >= 0.6 is 24.2 Å². The second-order valence-electron chi connectivity index (χ2n) is 5.16. The van der Waals surface area contributed by atoms with E-state index in [0.29, 0.717) is 12.5 Å². The van der Waals surface area contributed by atoms with Crippen molar-refractivity contribution in [2.24, 2.45) is 0 Å². The van der Waals surface area contributed by atoms with E-state index in [2.05, 4.69) is 12.2 Å². The van der Waals surface area contributed by atoms with Gasteiger partial charge in [0.15, 0.2) is 0 Å². The predicted octanol–water partition coefficient (Wildman–Crippen LogP) is 3.34. The summed E-state index contributed by atoms with van der Waals surface area (Å²) in [4.78, 5) is 14.5. The van der Waals surface area contributed by atoms with E-state index in [9.17, 15) is 4.79 Å². The SMILES string of the molecule is CCCCN(C(=O)CC1CSCCN1)c1ccccc1.Cl. The van der Waals surface area contributed by atoms with Gasteiger partial charge in [-0.3, -0.25) is 4.79 Å². The molecule has 0 spiro atoms. The Morgan fingerprint density at radius 1 is 1.38 bits per heavy atom. The van der Waals surface area contributed by atoms with Crippen LogP contribution in [0.1, 0.15) is 26.2 Å². The second kappa shape index (κ2) is 10.1. The van der Waals surface area contributed by atoms with Crippen LogP contribution in [0.2, 0.25) is 0 Å². The van der Waals surface area contributed by atoms with E-state index < -0.39 is 0 Å². The van der Waals surface area contributed by atoms with Gasteiger partial charge in [-0.25, -0.2) is 0 Å². The summed E-state index contributed by atoms with van der Waals surface area (Å²) in [5, 5.41) is 3.44. The van der Waals surface area contributed by atoms with Gasteiger partial charge in [-0.15, -0.1) is 12.4 Å². The Hall–Kier alpha value is -0.710. The zero-order valence-electron chi connectivity index (χ0n) is 12.6. The third-order valence-corrected chi connectivity index (χ3v) is 4.65. The maximum Gasteiger partial charge on any atom is 0.228 e. The van der Waals surface area contributed by atoms with Crippen molar-refractivity contribution in [1.29, 1.82) is 0 Å². The molecule has 118 valence electrons. The first-order valence-electron chi connectivity index (χ1n) is 7.47. The number of anilines is 1. The van der Waals surface area contributed by atoms with Gasteiger partial charge in [-0.1, -0.05) is 31.5 Å². The largest absolute Gasteiger partial charge is 0.312 e. The van der Waals surface area contributed by atoms with E-state index in [1.807, 2.05) is 47.0 Å². The molecular weight excluding hydrogens is 304 g/mol. The van der Waals surface area contributed by atoms with Gasteiger partial charge >= 0.3 is 0 Å². The predicted molar refractivity (Wildman–Crippen MR) is 94.7 cm³/mol. The summed E-state index contributed by atoms with van der Waals surface area (Å²) in [5.41, 5.74) is 1.02. The van der Waals surface area contributed by atoms with Crippen molar-refractivity contribution in [3.05, 3.63) is 30.3 Å².